The molecule has 0 saturated carbocycles. The monoisotopic (exact) mass is 249 g/mol. The number of nitro groups is 1. The minimum Gasteiger partial charge on any atom is -0.493 e. The Kier molecular flexibility index (Phi) is 4.17. The number of ether oxygens (including phenoxy) is 1. The van der Waals surface area contributed by atoms with E-state index >= 15 is 0 Å². The van der Waals surface area contributed by atoms with E-state index < -0.39 is 9.38 Å². The molecule has 0 fully saturated rings. The predicted octanol–water partition coefficient (Wildman–Crippen LogP) is 2.86. The number of alkyl halides is 2. The highest BCUT2D eigenvalue weighted by Gasteiger charge is 2.37. The largest absolute Gasteiger partial charge is 0.493 e. The molecule has 6 heteroatoms. The van der Waals surface area contributed by atoms with Gasteiger partial charge in [-0.3, -0.25) is 10.1 Å². The Morgan fingerprint density at radius 1 is 1.33 bits per heavy atom. The first-order chi connectivity index (χ1) is 7.02. The fourth-order valence-electron chi connectivity index (χ4n) is 0.900. The van der Waals surface area contributed by atoms with Crippen molar-refractivity contribution in [3.05, 3.63) is 40.4 Å². The summed E-state index contributed by atoms with van der Waals surface area (Å²) in [6.07, 6.45) is -0.0714. The molecule has 1 rings (SSSR count). The van der Waals surface area contributed by atoms with Gasteiger partial charge in [-0.2, -0.15) is 0 Å². The highest BCUT2D eigenvalue weighted by atomic mass is 35.5. The Morgan fingerprint density at radius 3 is 2.47 bits per heavy atom. The first-order valence-corrected chi connectivity index (χ1v) is 4.98. The Balaban J connectivity index is 2.37. The van der Waals surface area contributed by atoms with Crippen molar-refractivity contribution in [1.82, 2.24) is 0 Å². The molecule has 82 valence electrons. The minimum atomic E-state index is -1.98. The third-order valence-electron chi connectivity index (χ3n) is 1.68. The maximum atomic E-state index is 10.3. The van der Waals surface area contributed by atoms with Crippen LogP contribution in [0, 0.1) is 10.1 Å². The second-order valence-corrected chi connectivity index (χ2v) is 4.28. The van der Waals surface area contributed by atoms with Gasteiger partial charge in [-0.25, -0.2) is 0 Å². The van der Waals surface area contributed by atoms with E-state index in [1.807, 2.05) is 6.07 Å². The number of para-hydroxylation sites is 1. The predicted molar refractivity (Wildman–Crippen MR) is 58.0 cm³/mol. The molecule has 0 atom stereocenters. The lowest BCUT2D eigenvalue weighted by molar-refractivity contribution is -0.517. The van der Waals surface area contributed by atoms with Crippen molar-refractivity contribution in [3.8, 4) is 5.75 Å². The molecule has 1 aromatic carbocycles. The highest BCUT2D eigenvalue weighted by Crippen LogP contribution is 2.25. The fourth-order valence-corrected chi connectivity index (χ4v) is 1.05. The number of hydrogen-bond donors (Lipinski definition) is 0. The summed E-state index contributed by atoms with van der Waals surface area (Å²) in [6.45, 7) is 0.0952. The molecule has 0 aliphatic heterocycles. The minimum absolute atomic E-state index is 0.0714. The van der Waals surface area contributed by atoms with Crippen LogP contribution in [0.5, 0.6) is 5.75 Å². The van der Waals surface area contributed by atoms with Crippen molar-refractivity contribution in [2.45, 2.75) is 10.9 Å². The second kappa shape index (κ2) is 5.19. The van der Waals surface area contributed by atoms with E-state index in [1.54, 1.807) is 24.3 Å². The summed E-state index contributed by atoms with van der Waals surface area (Å²) in [5.41, 5.74) is 0. The molecule has 0 aliphatic carbocycles. The van der Waals surface area contributed by atoms with E-state index in [-0.39, 0.29) is 13.0 Å². The Labute approximate surface area is 96.9 Å². The smallest absolute Gasteiger partial charge is 0.373 e. The lowest BCUT2D eigenvalue weighted by atomic mass is 10.3. The molecule has 0 aromatic heterocycles. The molecular formula is C9H9Cl2NO3. The quantitative estimate of drug-likeness (QED) is 0.349. The molecular weight excluding hydrogens is 241 g/mol. The number of rotatable bonds is 5. The molecule has 15 heavy (non-hydrogen) atoms. The van der Waals surface area contributed by atoms with Crippen molar-refractivity contribution in [3.63, 3.8) is 0 Å². The number of benzene rings is 1. The molecule has 4 nitrogen and oxygen atoms in total. The molecule has 0 N–H and O–H groups in total. The van der Waals surface area contributed by atoms with Crippen LogP contribution < -0.4 is 4.74 Å². The molecule has 0 unspecified atom stereocenters. The second-order valence-electron chi connectivity index (χ2n) is 2.83. The summed E-state index contributed by atoms with van der Waals surface area (Å²) >= 11 is 10.8. The summed E-state index contributed by atoms with van der Waals surface area (Å²) in [5, 5.41) is 10.3. The maximum absolute atomic E-state index is 10.3. The van der Waals surface area contributed by atoms with Crippen molar-refractivity contribution in [1.29, 1.82) is 0 Å². The molecule has 0 bridgehead atoms. The lowest BCUT2D eigenvalue weighted by Gasteiger charge is -2.11. The topological polar surface area (TPSA) is 52.4 Å². The molecule has 0 aliphatic rings. The van der Waals surface area contributed by atoms with Gasteiger partial charge >= 0.3 is 4.46 Å². The summed E-state index contributed by atoms with van der Waals surface area (Å²) in [4.78, 5) is 9.60. The molecule has 0 heterocycles. The van der Waals surface area contributed by atoms with Gasteiger partial charge in [-0.15, -0.1) is 0 Å². The van der Waals surface area contributed by atoms with Gasteiger partial charge in [-0.05, 0) is 35.3 Å². The average molecular weight is 250 g/mol. The Bertz CT molecular complexity index is 329. The first kappa shape index (κ1) is 12.1. The maximum Gasteiger partial charge on any atom is 0.373 e. The fraction of sp³-hybridized carbons (Fsp3) is 0.333. The van der Waals surface area contributed by atoms with Crippen LogP contribution in [-0.4, -0.2) is 16.0 Å². The van der Waals surface area contributed by atoms with Gasteiger partial charge in [0.2, 0.25) is 0 Å². The van der Waals surface area contributed by atoms with Crippen LogP contribution in [0.2, 0.25) is 0 Å². The Hall–Kier alpha value is -1.00. The van der Waals surface area contributed by atoms with Crippen molar-refractivity contribution in [2.24, 2.45) is 0 Å². The lowest BCUT2D eigenvalue weighted by Crippen LogP contribution is -2.27. The van der Waals surface area contributed by atoms with Crippen molar-refractivity contribution in [2.75, 3.05) is 6.61 Å². The van der Waals surface area contributed by atoms with E-state index in [9.17, 15) is 10.1 Å². The van der Waals surface area contributed by atoms with Gasteiger partial charge in [0.05, 0.1) is 18.0 Å². The molecule has 1 aromatic rings. The van der Waals surface area contributed by atoms with Crippen molar-refractivity contribution < 1.29 is 9.66 Å². The van der Waals surface area contributed by atoms with E-state index in [0.29, 0.717) is 5.75 Å². The van der Waals surface area contributed by atoms with Gasteiger partial charge < -0.3 is 4.74 Å². The van der Waals surface area contributed by atoms with Crippen LogP contribution in [-0.2, 0) is 0 Å². The zero-order valence-corrected chi connectivity index (χ0v) is 9.24. The van der Waals surface area contributed by atoms with Gasteiger partial charge in [0.15, 0.2) is 0 Å². The summed E-state index contributed by atoms with van der Waals surface area (Å²) in [6, 6.07) is 8.94. The van der Waals surface area contributed by atoms with Crippen LogP contribution in [0.4, 0.5) is 0 Å². The van der Waals surface area contributed by atoms with Gasteiger partial charge in [0.1, 0.15) is 5.75 Å². The zero-order valence-electron chi connectivity index (χ0n) is 7.73. The average Bonchev–Trinajstić information content (AvgIpc) is 2.19. The van der Waals surface area contributed by atoms with Gasteiger partial charge in [-0.1, -0.05) is 18.2 Å². The van der Waals surface area contributed by atoms with E-state index in [0.717, 1.165) is 0 Å². The number of halogens is 2. The molecule has 0 amide bonds. The van der Waals surface area contributed by atoms with E-state index in [1.165, 1.54) is 0 Å². The number of hydrogen-bond acceptors (Lipinski definition) is 3. The summed E-state index contributed by atoms with van der Waals surface area (Å²) < 4.78 is 3.24. The summed E-state index contributed by atoms with van der Waals surface area (Å²) in [7, 11) is 0. The van der Waals surface area contributed by atoms with E-state index in [4.69, 9.17) is 27.9 Å². The SMILES string of the molecule is O=[N+]([O-])C(Cl)(Cl)CCOc1ccccc1. The third kappa shape index (κ3) is 3.93. The van der Waals surface area contributed by atoms with Crippen LogP contribution in [0.15, 0.2) is 30.3 Å². The third-order valence-corrected chi connectivity index (χ3v) is 2.34. The van der Waals surface area contributed by atoms with Crippen LogP contribution >= 0.6 is 23.2 Å². The van der Waals surface area contributed by atoms with Crippen LogP contribution in [0.3, 0.4) is 0 Å². The van der Waals surface area contributed by atoms with Crippen LogP contribution in [0.1, 0.15) is 6.42 Å². The molecule has 0 saturated heterocycles. The standard InChI is InChI=1S/C9H9Cl2NO3/c10-9(11,12(13)14)6-7-15-8-4-2-1-3-5-8/h1-5H,6-7H2. The first-order valence-electron chi connectivity index (χ1n) is 4.22. The van der Waals surface area contributed by atoms with Crippen molar-refractivity contribution >= 4 is 23.2 Å². The van der Waals surface area contributed by atoms with Crippen LogP contribution in [0.25, 0.3) is 0 Å². The molecule has 0 radical (unpaired) electrons. The van der Waals surface area contributed by atoms with Gasteiger partial charge in [0.25, 0.3) is 0 Å². The highest BCUT2D eigenvalue weighted by molar-refractivity contribution is 6.46. The summed E-state index contributed by atoms with van der Waals surface area (Å²) in [5.74, 6) is 0.630. The Morgan fingerprint density at radius 2 is 1.93 bits per heavy atom. The zero-order chi connectivity index (χ0) is 11.3. The van der Waals surface area contributed by atoms with Gasteiger partial charge in [0, 0.05) is 0 Å². The number of nitrogens with zero attached hydrogens (tertiary/aromatic N) is 1. The normalized spacial score (nSPS) is 11.1. The van der Waals surface area contributed by atoms with E-state index in [2.05, 4.69) is 0 Å². The molecule has 0 spiro atoms.